The van der Waals surface area contributed by atoms with Crippen molar-refractivity contribution in [3.63, 3.8) is 0 Å². The molecule has 0 aliphatic carbocycles. The van der Waals surface area contributed by atoms with E-state index >= 15 is 0 Å². The fraction of sp³-hybridized carbons (Fsp3) is 0.500. The summed E-state index contributed by atoms with van der Waals surface area (Å²) < 4.78 is 0. The lowest BCUT2D eigenvalue weighted by Crippen LogP contribution is -1.93. The Kier molecular flexibility index (Phi) is 6.32. The highest BCUT2D eigenvalue weighted by Crippen LogP contribution is 2.17. The lowest BCUT2D eigenvalue weighted by molar-refractivity contribution is -0.137. The summed E-state index contributed by atoms with van der Waals surface area (Å²) >= 11 is 1.62. The molecule has 2 N–H and O–H groups in total. The highest BCUT2D eigenvalue weighted by Gasteiger charge is 2.00. The highest BCUT2D eigenvalue weighted by molar-refractivity contribution is 7.13. The first-order valence-electron chi connectivity index (χ1n) is 5.70. The van der Waals surface area contributed by atoms with Gasteiger partial charge in [-0.2, -0.15) is 0 Å². The summed E-state index contributed by atoms with van der Waals surface area (Å²) in [5.74, 6) is -0.712. The van der Waals surface area contributed by atoms with E-state index in [4.69, 9.17) is 10.3 Å². The number of hydrogen-bond acceptors (Lipinski definition) is 4. The van der Waals surface area contributed by atoms with E-state index in [1.807, 2.05) is 12.1 Å². The standard InChI is InChI=1S/C12H17NO3S/c14-12(15)6-4-2-1-3-5-10-7-8-11(17-10)9-13-16/h7-9,16H,1-6H2,(H,14,15)/b13-9-. The lowest BCUT2D eigenvalue weighted by Gasteiger charge is -1.98. The Morgan fingerprint density at radius 3 is 2.76 bits per heavy atom. The van der Waals surface area contributed by atoms with Crippen LogP contribution in [0.2, 0.25) is 0 Å². The van der Waals surface area contributed by atoms with Crippen LogP contribution in [0, 0.1) is 0 Å². The molecule has 1 aromatic rings. The van der Waals surface area contributed by atoms with Crippen molar-refractivity contribution in [2.24, 2.45) is 5.16 Å². The van der Waals surface area contributed by atoms with Crippen LogP contribution in [-0.4, -0.2) is 22.5 Å². The molecule has 4 nitrogen and oxygen atoms in total. The van der Waals surface area contributed by atoms with Crippen LogP contribution in [0.25, 0.3) is 0 Å². The molecule has 0 aromatic carbocycles. The van der Waals surface area contributed by atoms with Crippen LogP contribution in [0.3, 0.4) is 0 Å². The van der Waals surface area contributed by atoms with Gasteiger partial charge in [0.1, 0.15) is 0 Å². The van der Waals surface area contributed by atoms with Gasteiger partial charge in [0.05, 0.1) is 6.21 Å². The number of rotatable bonds is 8. The second-order valence-corrected chi connectivity index (χ2v) is 5.06. The van der Waals surface area contributed by atoms with Gasteiger partial charge in [-0.25, -0.2) is 0 Å². The summed E-state index contributed by atoms with van der Waals surface area (Å²) in [6.07, 6.45) is 6.60. The fourth-order valence-electron chi connectivity index (χ4n) is 1.58. The fourth-order valence-corrected chi connectivity index (χ4v) is 2.51. The third-order valence-corrected chi connectivity index (χ3v) is 3.51. The number of carboxylic acids is 1. The van der Waals surface area contributed by atoms with Crippen LogP contribution in [0.4, 0.5) is 0 Å². The number of carboxylic acid groups (broad SMARTS) is 1. The molecule has 1 heterocycles. The van der Waals surface area contributed by atoms with Gasteiger partial charge in [0.25, 0.3) is 0 Å². The summed E-state index contributed by atoms with van der Waals surface area (Å²) in [5.41, 5.74) is 0. The number of aliphatic carboxylic acids is 1. The summed E-state index contributed by atoms with van der Waals surface area (Å²) in [4.78, 5) is 12.5. The zero-order chi connectivity index (χ0) is 12.5. The average Bonchev–Trinajstić information content (AvgIpc) is 2.71. The molecule has 17 heavy (non-hydrogen) atoms. The normalized spacial score (nSPS) is 11.1. The van der Waals surface area contributed by atoms with Crippen LogP contribution in [0.5, 0.6) is 0 Å². The Labute approximate surface area is 105 Å². The van der Waals surface area contributed by atoms with Crippen molar-refractivity contribution in [3.8, 4) is 0 Å². The van der Waals surface area contributed by atoms with E-state index in [0.717, 1.165) is 37.0 Å². The van der Waals surface area contributed by atoms with E-state index < -0.39 is 5.97 Å². The number of aryl methyl sites for hydroxylation is 1. The number of carbonyl (C=O) groups is 1. The lowest BCUT2D eigenvalue weighted by atomic mass is 10.1. The molecule has 0 saturated heterocycles. The SMILES string of the molecule is O=C(O)CCCCCCc1ccc(/C=N\O)s1. The zero-order valence-corrected chi connectivity index (χ0v) is 10.4. The Bertz CT molecular complexity index is 374. The van der Waals surface area contributed by atoms with Crippen LogP contribution >= 0.6 is 11.3 Å². The van der Waals surface area contributed by atoms with Crippen LogP contribution < -0.4 is 0 Å². The Morgan fingerprint density at radius 2 is 2.06 bits per heavy atom. The largest absolute Gasteiger partial charge is 0.481 e. The molecular weight excluding hydrogens is 238 g/mol. The molecule has 0 saturated carbocycles. The molecule has 0 fully saturated rings. The van der Waals surface area contributed by atoms with E-state index in [-0.39, 0.29) is 6.42 Å². The zero-order valence-electron chi connectivity index (χ0n) is 9.63. The molecule has 0 unspecified atom stereocenters. The summed E-state index contributed by atoms with van der Waals surface area (Å²) in [7, 11) is 0. The number of nitrogens with zero attached hydrogens (tertiary/aromatic N) is 1. The van der Waals surface area contributed by atoms with Crippen molar-refractivity contribution in [2.45, 2.75) is 38.5 Å². The molecule has 94 valence electrons. The first-order valence-corrected chi connectivity index (χ1v) is 6.52. The van der Waals surface area contributed by atoms with Gasteiger partial charge in [-0.3, -0.25) is 4.79 Å². The minimum Gasteiger partial charge on any atom is -0.481 e. The second kappa shape index (κ2) is 7.84. The molecule has 0 aliphatic heterocycles. The molecular formula is C12H17NO3S. The van der Waals surface area contributed by atoms with E-state index in [2.05, 4.69) is 5.16 Å². The van der Waals surface area contributed by atoms with E-state index in [9.17, 15) is 4.79 Å². The van der Waals surface area contributed by atoms with Crippen molar-refractivity contribution < 1.29 is 15.1 Å². The van der Waals surface area contributed by atoms with Gasteiger partial charge in [0.15, 0.2) is 0 Å². The summed E-state index contributed by atoms with van der Waals surface area (Å²) in [5, 5.41) is 19.8. The van der Waals surface area contributed by atoms with E-state index in [1.165, 1.54) is 11.1 Å². The van der Waals surface area contributed by atoms with Crippen molar-refractivity contribution in [3.05, 3.63) is 21.9 Å². The first-order chi connectivity index (χ1) is 8.22. The Morgan fingerprint density at radius 1 is 1.29 bits per heavy atom. The quantitative estimate of drug-likeness (QED) is 0.324. The maximum absolute atomic E-state index is 10.3. The molecule has 0 radical (unpaired) electrons. The van der Waals surface area contributed by atoms with Crippen molar-refractivity contribution in [1.29, 1.82) is 0 Å². The summed E-state index contributed by atoms with van der Waals surface area (Å²) in [6.45, 7) is 0. The number of thiophene rings is 1. The molecule has 0 bridgehead atoms. The second-order valence-electron chi connectivity index (χ2n) is 3.86. The van der Waals surface area contributed by atoms with Crippen molar-refractivity contribution in [2.75, 3.05) is 0 Å². The highest BCUT2D eigenvalue weighted by atomic mass is 32.1. The van der Waals surface area contributed by atoms with Crippen molar-refractivity contribution in [1.82, 2.24) is 0 Å². The monoisotopic (exact) mass is 255 g/mol. The molecule has 0 aliphatic rings. The third-order valence-electron chi connectivity index (χ3n) is 2.43. The van der Waals surface area contributed by atoms with E-state index in [1.54, 1.807) is 11.3 Å². The summed E-state index contributed by atoms with van der Waals surface area (Å²) in [6, 6.07) is 3.98. The number of hydrogen-bond donors (Lipinski definition) is 2. The molecule has 0 amide bonds. The molecule has 1 rings (SSSR count). The van der Waals surface area contributed by atoms with Gasteiger partial charge in [-0.05, 0) is 31.4 Å². The van der Waals surface area contributed by atoms with Gasteiger partial charge in [0.2, 0.25) is 0 Å². The van der Waals surface area contributed by atoms with Crippen molar-refractivity contribution >= 4 is 23.5 Å². The maximum atomic E-state index is 10.3. The number of unbranched alkanes of at least 4 members (excludes halogenated alkanes) is 3. The Hall–Kier alpha value is -1.36. The predicted molar refractivity (Wildman–Crippen MR) is 68.1 cm³/mol. The average molecular weight is 255 g/mol. The van der Waals surface area contributed by atoms with Gasteiger partial charge >= 0.3 is 5.97 Å². The third kappa shape index (κ3) is 6.06. The molecule has 0 atom stereocenters. The maximum Gasteiger partial charge on any atom is 0.303 e. The van der Waals surface area contributed by atoms with Gasteiger partial charge in [-0.15, -0.1) is 11.3 Å². The molecule has 5 heteroatoms. The van der Waals surface area contributed by atoms with Gasteiger partial charge < -0.3 is 10.3 Å². The minimum atomic E-state index is -0.712. The number of oxime groups is 1. The van der Waals surface area contributed by atoms with Crippen LogP contribution in [-0.2, 0) is 11.2 Å². The van der Waals surface area contributed by atoms with Crippen LogP contribution in [0.15, 0.2) is 17.3 Å². The predicted octanol–water partition coefficient (Wildman–Crippen LogP) is 3.13. The molecule has 1 aromatic heterocycles. The smallest absolute Gasteiger partial charge is 0.303 e. The Balaban J connectivity index is 2.11. The van der Waals surface area contributed by atoms with Gasteiger partial charge in [0, 0.05) is 16.2 Å². The van der Waals surface area contributed by atoms with E-state index in [0.29, 0.717) is 0 Å². The topological polar surface area (TPSA) is 69.9 Å². The minimum absolute atomic E-state index is 0.274. The first kappa shape index (κ1) is 13.7. The molecule has 0 spiro atoms. The van der Waals surface area contributed by atoms with Crippen LogP contribution in [0.1, 0.15) is 41.9 Å². The van der Waals surface area contributed by atoms with Gasteiger partial charge in [-0.1, -0.05) is 18.0 Å².